The van der Waals surface area contributed by atoms with E-state index in [-0.39, 0.29) is 33.6 Å². The molecule has 10 heteroatoms. The third-order valence-corrected chi connectivity index (χ3v) is 5.95. The highest BCUT2D eigenvalue weighted by molar-refractivity contribution is 7.92. The van der Waals surface area contributed by atoms with Crippen LogP contribution in [0.1, 0.15) is 0 Å². The largest absolute Gasteiger partial charge is 0.493 e. The molecular weight excluding hydrogens is 437 g/mol. The zero-order valence-corrected chi connectivity index (χ0v) is 17.9. The Bertz CT molecular complexity index is 1370. The molecule has 1 heterocycles. The lowest BCUT2D eigenvalue weighted by Gasteiger charge is -2.12. The number of sulfonamides is 1. The molecule has 0 aliphatic heterocycles. The Balaban J connectivity index is 1.61. The summed E-state index contributed by atoms with van der Waals surface area (Å²) in [6, 6.07) is 16.8. The number of ether oxygens (including phenoxy) is 2. The van der Waals surface area contributed by atoms with Crippen LogP contribution in [-0.4, -0.2) is 32.8 Å². The van der Waals surface area contributed by atoms with Crippen molar-refractivity contribution < 1.29 is 26.8 Å². The molecule has 164 valence electrons. The van der Waals surface area contributed by atoms with E-state index in [1.165, 1.54) is 44.6 Å². The van der Waals surface area contributed by atoms with Gasteiger partial charge in [0, 0.05) is 17.3 Å². The molecular formula is C22H18FN3O5S. The summed E-state index contributed by atoms with van der Waals surface area (Å²) in [6.45, 7) is 0. The van der Waals surface area contributed by atoms with E-state index in [9.17, 15) is 12.8 Å². The summed E-state index contributed by atoms with van der Waals surface area (Å²) in [6.07, 6.45) is 0. The molecule has 1 aromatic heterocycles. The number of nitrogens with zero attached hydrogens (tertiary/aromatic N) is 2. The number of nitrogens with one attached hydrogen (secondary N) is 1. The fraction of sp³-hybridized carbons (Fsp3) is 0.0909. The maximum atomic E-state index is 14.0. The molecule has 32 heavy (non-hydrogen) atoms. The highest BCUT2D eigenvalue weighted by Crippen LogP contribution is 2.31. The van der Waals surface area contributed by atoms with Crippen molar-refractivity contribution in [3.8, 4) is 34.3 Å². The summed E-state index contributed by atoms with van der Waals surface area (Å²) in [5, 5.41) is 3.88. The molecule has 0 spiro atoms. The summed E-state index contributed by atoms with van der Waals surface area (Å²) in [5.41, 5.74) is 0.954. The highest BCUT2D eigenvalue weighted by Gasteiger charge is 2.19. The minimum atomic E-state index is -3.91. The van der Waals surface area contributed by atoms with Crippen molar-refractivity contribution in [3.05, 3.63) is 72.5 Å². The first-order valence-electron chi connectivity index (χ1n) is 9.35. The van der Waals surface area contributed by atoms with Crippen molar-refractivity contribution >= 4 is 15.7 Å². The average Bonchev–Trinajstić information content (AvgIpc) is 3.29. The van der Waals surface area contributed by atoms with Crippen LogP contribution >= 0.6 is 0 Å². The van der Waals surface area contributed by atoms with E-state index in [0.29, 0.717) is 11.3 Å². The zero-order chi connectivity index (χ0) is 22.7. The molecule has 0 saturated heterocycles. The number of anilines is 1. The number of hydrogen-bond acceptors (Lipinski definition) is 7. The highest BCUT2D eigenvalue weighted by atomic mass is 32.2. The van der Waals surface area contributed by atoms with Crippen LogP contribution in [0.25, 0.3) is 22.8 Å². The first-order chi connectivity index (χ1) is 15.4. The van der Waals surface area contributed by atoms with Crippen LogP contribution in [0.3, 0.4) is 0 Å². The van der Waals surface area contributed by atoms with Crippen LogP contribution in [0.5, 0.6) is 11.5 Å². The van der Waals surface area contributed by atoms with E-state index < -0.39 is 15.8 Å². The molecule has 0 saturated carbocycles. The molecule has 0 bridgehead atoms. The fourth-order valence-corrected chi connectivity index (χ4v) is 4.07. The lowest BCUT2D eigenvalue weighted by atomic mass is 10.2. The van der Waals surface area contributed by atoms with Crippen molar-refractivity contribution in [3.63, 3.8) is 0 Å². The van der Waals surface area contributed by atoms with Crippen LogP contribution < -0.4 is 14.2 Å². The summed E-state index contributed by atoms with van der Waals surface area (Å²) in [5.74, 6) is 0.428. The molecule has 8 nitrogen and oxygen atoms in total. The van der Waals surface area contributed by atoms with Gasteiger partial charge in [0.25, 0.3) is 15.9 Å². The molecule has 0 radical (unpaired) electrons. The summed E-state index contributed by atoms with van der Waals surface area (Å²) in [4.78, 5) is 4.23. The first-order valence-corrected chi connectivity index (χ1v) is 10.8. The maximum absolute atomic E-state index is 14.0. The monoisotopic (exact) mass is 455 g/mol. The minimum Gasteiger partial charge on any atom is -0.493 e. The first kappa shape index (κ1) is 21.3. The van der Waals surface area contributed by atoms with E-state index in [0.717, 1.165) is 0 Å². The van der Waals surface area contributed by atoms with Crippen molar-refractivity contribution in [1.82, 2.24) is 10.1 Å². The molecule has 0 aliphatic carbocycles. The van der Waals surface area contributed by atoms with Gasteiger partial charge >= 0.3 is 0 Å². The number of methoxy groups -OCH3 is 2. The number of benzene rings is 3. The third kappa shape index (κ3) is 4.26. The SMILES string of the molecule is COc1ccc(S(=O)(=O)Nc2cccc(-c3noc(-c4ccccc4F)n3)c2)cc1OC. The molecule has 0 unspecified atom stereocenters. The maximum Gasteiger partial charge on any atom is 0.262 e. The van der Waals surface area contributed by atoms with Gasteiger partial charge < -0.3 is 14.0 Å². The Morgan fingerprint density at radius 2 is 1.72 bits per heavy atom. The Morgan fingerprint density at radius 1 is 0.938 bits per heavy atom. The molecule has 4 aromatic rings. The van der Waals surface area contributed by atoms with Gasteiger partial charge in [-0.25, -0.2) is 12.8 Å². The van der Waals surface area contributed by atoms with Gasteiger partial charge in [-0.2, -0.15) is 4.98 Å². The molecule has 4 rings (SSSR count). The Kier molecular flexibility index (Phi) is 5.78. The van der Waals surface area contributed by atoms with Gasteiger partial charge in [-0.15, -0.1) is 0 Å². The van der Waals surface area contributed by atoms with Crippen molar-refractivity contribution in [2.75, 3.05) is 18.9 Å². The van der Waals surface area contributed by atoms with E-state index in [1.807, 2.05) is 0 Å². The van der Waals surface area contributed by atoms with Crippen LogP contribution in [0.4, 0.5) is 10.1 Å². The quantitative estimate of drug-likeness (QED) is 0.442. The number of halogens is 1. The second-order valence-corrected chi connectivity index (χ2v) is 8.29. The lowest BCUT2D eigenvalue weighted by Crippen LogP contribution is -2.13. The summed E-state index contributed by atoms with van der Waals surface area (Å²) in [7, 11) is -1.03. The van der Waals surface area contributed by atoms with Crippen LogP contribution in [-0.2, 0) is 10.0 Å². The number of aromatic nitrogens is 2. The van der Waals surface area contributed by atoms with Crippen LogP contribution in [0.2, 0.25) is 0 Å². The fourth-order valence-electron chi connectivity index (χ4n) is 3.00. The predicted molar refractivity (Wildman–Crippen MR) is 115 cm³/mol. The van der Waals surface area contributed by atoms with E-state index >= 15 is 0 Å². The summed E-state index contributed by atoms with van der Waals surface area (Å²) < 4.78 is 57.7. The normalized spacial score (nSPS) is 11.2. The molecule has 0 atom stereocenters. The average molecular weight is 455 g/mol. The van der Waals surface area contributed by atoms with E-state index in [2.05, 4.69) is 14.9 Å². The van der Waals surface area contributed by atoms with Gasteiger partial charge in [0.1, 0.15) is 5.82 Å². The molecule has 3 aromatic carbocycles. The molecule has 0 fully saturated rings. The minimum absolute atomic E-state index is 0.00181. The van der Waals surface area contributed by atoms with Gasteiger partial charge in [-0.1, -0.05) is 29.4 Å². The standard InChI is InChI=1S/C22H18FN3O5S/c1-29-19-11-10-16(13-20(19)30-2)32(27,28)26-15-7-5-6-14(12-15)21-24-22(31-25-21)17-8-3-4-9-18(17)23/h3-13,26H,1-2H3. The second-order valence-electron chi connectivity index (χ2n) is 6.61. The Labute approximate surface area is 183 Å². The smallest absolute Gasteiger partial charge is 0.262 e. The zero-order valence-electron chi connectivity index (χ0n) is 17.1. The van der Waals surface area contributed by atoms with Crippen molar-refractivity contribution in [1.29, 1.82) is 0 Å². The predicted octanol–water partition coefficient (Wildman–Crippen LogP) is 4.36. The van der Waals surface area contributed by atoms with Gasteiger partial charge in [-0.3, -0.25) is 4.72 Å². The topological polar surface area (TPSA) is 104 Å². The van der Waals surface area contributed by atoms with Gasteiger partial charge in [0.2, 0.25) is 5.82 Å². The van der Waals surface area contributed by atoms with E-state index in [1.54, 1.807) is 36.4 Å². The second kappa shape index (κ2) is 8.67. The van der Waals surface area contributed by atoms with Crippen LogP contribution in [0.15, 0.2) is 76.1 Å². The number of rotatable bonds is 7. The van der Waals surface area contributed by atoms with Gasteiger partial charge in [-0.05, 0) is 36.4 Å². The molecule has 0 aliphatic rings. The lowest BCUT2D eigenvalue weighted by molar-refractivity contribution is 0.354. The van der Waals surface area contributed by atoms with E-state index in [4.69, 9.17) is 14.0 Å². The Morgan fingerprint density at radius 3 is 2.47 bits per heavy atom. The Hall–Kier alpha value is -3.92. The third-order valence-electron chi connectivity index (χ3n) is 4.57. The van der Waals surface area contributed by atoms with Crippen LogP contribution in [0, 0.1) is 5.82 Å². The van der Waals surface area contributed by atoms with Crippen molar-refractivity contribution in [2.45, 2.75) is 4.90 Å². The number of hydrogen-bond donors (Lipinski definition) is 1. The van der Waals surface area contributed by atoms with Gasteiger partial charge in [0.05, 0.1) is 24.7 Å². The molecule has 1 N–H and O–H groups in total. The summed E-state index contributed by atoms with van der Waals surface area (Å²) >= 11 is 0. The van der Waals surface area contributed by atoms with Gasteiger partial charge in [0.15, 0.2) is 11.5 Å². The van der Waals surface area contributed by atoms with Crippen molar-refractivity contribution in [2.24, 2.45) is 0 Å². The molecule has 0 amide bonds.